The molecule has 1 aromatic rings. The average Bonchev–Trinajstić information content (AvgIpc) is 2.65. The maximum atomic E-state index is 11.8. The molecule has 0 bridgehead atoms. The van der Waals surface area contributed by atoms with Gasteiger partial charge in [0.1, 0.15) is 4.21 Å². The Morgan fingerprint density at radius 3 is 2.75 bits per heavy atom. The molecule has 0 amide bonds. The summed E-state index contributed by atoms with van der Waals surface area (Å²) in [6.45, 7) is 2.45. The zero-order valence-corrected chi connectivity index (χ0v) is 10.9. The highest BCUT2D eigenvalue weighted by molar-refractivity contribution is 7.91. The van der Waals surface area contributed by atoms with Crippen LogP contribution in [0.1, 0.15) is 11.8 Å². The van der Waals surface area contributed by atoms with Gasteiger partial charge in [-0.25, -0.2) is 13.1 Å². The van der Waals surface area contributed by atoms with Crippen LogP contribution in [0.5, 0.6) is 0 Å². The van der Waals surface area contributed by atoms with Crippen molar-refractivity contribution in [2.24, 2.45) is 5.73 Å². The zero-order chi connectivity index (χ0) is 12.2. The molecule has 0 aliphatic heterocycles. The van der Waals surface area contributed by atoms with Crippen LogP contribution in [0.3, 0.4) is 0 Å². The number of thiophene rings is 1. The summed E-state index contributed by atoms with van der Waals surface area (Å²) in [6.07, 6.45) is 0. The van der Waals surface area contributed by atoms with E-state index in [-0.39, 0.29) is 10.3 Å². The maximum Gasteiger partial charge on any atom is 0.250 e. The molecular weight excluding hydrogens is 248 g/mol. The third kappa shape index (κ3) is 3.53. The molecule has 0 aromatic carbocycles. The fraction of sp³-hybridized carbons (Fsp3) is 0.556. The van der Waals surface area contributed by atoms with Crippen LogP contribution in [0.4, 0.5) is 0 Å². The van der Waals surface area contributed by atoms with E-state index >= 15 is 0 Å². The average molecular weight is 264 g/mol. The monoisotopic (exact) mass is 264 g/mol. The molecule has 1 unspecified atom stereocenters. The molecule has 0 aliphatic rings. The van der Waals surface area contributed by atoms with Gasteiger partial charge in [-0.2, -0.15) is 0 Å². The van der Waals surface area contributed by atoms with E-state index in [1.54, 1.807) is 19.1 Å². The molecule has 0 spiro atoms. The molecule has 1 aromatic heterocycles. The van der Waals surface area contributed by atoms with Gasteiger partial charge in [0.25, 0.3) is 0 Å². The van der Waals surface area contributed by atoms with Crippen LogP contribution in [-0.2, 0) is 21.3 Å². The fourth-order valence-corrected chi connectivity index (χ4v) is 3.70. The second-order valence-corrected chi connectivity index (χ2v) is 6.51. The molecule has 0 aliphatic carbocycles. The van der Waals surface area contributed by atoms with Crippen molar-refractivity contribution in [3.05, 3.63) is 17.0 Å². The van der Waals surface area contributed by atoms with Gasteiger partial charge in [-0.15, -0.1) is 11.3 Å². The quantitative estimate of drug-likeness (QED) is 0.785. The summed E-state index contributed by atoms with van der Waals surface area (Å²) in [5.74, 6) is 0. The number of methoxy groups -OCH3 is 1. The summed E-state index contributed by atoms with van der Waals surface area (Å²) in [5, 5.41) is 0. The molecule has 0 fully saturated rings. The third-order valence-corrected chi connectivity index (χ3v) is 5.06. The second-order valence-electron chi connectivity index (χ2n) is 3.40. The topological polar surface area (TPSA) is 81.4 Å². The number of rotatable bonds is 6. The predicted molar refractivity (Wildman–Crippen MR) is 63.9 cm³/mol. The third-order valence-electron chi connectivity index (χ3n) is 1.88. The Morgan fingerprint density at radius 1 is 1.56 bits per heavy atom. The Kier molecular flexibility index (Phi) is 4.88. The lowest BCUT2D eigenvalue weighted by molar-refractivity contribution is 0.180. The van der Waals surface area contributed by atoms with E-state index in [0.717, 1.165) is 4.88 Å². The van der Waals surface area contributed by atoms with Crippen molar-refractivity contribution >= 4 is 21.4 Å². The first kappa shape index (κ1) is 13.6. The van der Waals surface area contributed by atoms with Crippen LogP contribution < -0.4 is 10.5 Å². The molecule has 1 heterocycles. The van der Waals surface area contributed by atoms with Gasteiger partial charge in [0.15, 0.2) is 0 Å². The minimum Gasteiger partial charge on any atom is -0.383 e. The molecule has 0 radical (unpaired) electrons. The highest BCUT2D eigenvalue weighted by Gasteiger charge is 2.19. The Balaban J connectivity index is 2.77. The summed E-state index contributed by atoms with van der Waals surface area (Å²) in [6, 6.07) is 3.04. The van der Waals surface area contributed by atoms with Crippen LogP contribution in [0.2, 0.25) is 0 Å². The van der Waals surface area contributed by atoms with Crippen molar-refractivity contribution in [3.8, 4) is 0 Å². The normalized spacial score (nSPS) is 13.9. The first-order valence-electron chi connectivity index (χ1n) is 4.79. The molecule has 0 saturated carbocycles. The standard InChI is InChI=1S/C9H16N2O3S2/c1-7(6-14-2)11-16(12,13)9-4-3-8(5-10)15-9/h3-4,7,11H,5-6,10H2,1-2H3. The predicted octanol–water partition coefficient (Wildman–Crippen LogP) is 0.520. The van der Waals surface area contributed by atoms with E-state index < -0.39 is 10.0 Å². The first-order valence-corrected chi connectivity index (χ1v) is 7.09. The molecule has 5 nitrogen and oxygen atoms in total. The van der Waals surface area contributed by atoms with Gasteiger partial charge in [0, 0.05) is 24.6 Å². The second kappa shape index (κ2) is 5.74. The summed E-state index contributed by atoms with van der Waals surface area (Å²) >= 11 is 1.18. The molecule has 3 N–H and O–H groups in total. The molecule has 92 valence electrons. The van der Waals surface area contributed by atoms with E-state index in [2.05, 4.69) is 4.72 Å². The lowest BCUT2D eigenvalue weighted by Gasteiger charge is -2.11. The zero-order valence-electron chi connectivity index (χ0n) is 9.26. The number of hydrogen-bond acceptors (Lipinski definition) is 5. The minimum atomic E-state index is -3.44. The van der Waals surface area contributed by atoms with Gasteiger partial charge < -0.3 is 10.5 Å². The lowest BCUT2D eigenvalue weighted by atomic mass is 10.4. The number of nitrogens with two attached hydrogens (primary N) is 1. The van der Waals surface area contributed by atoms with Crippen molar-refractivity contribution in [1.29, 1.82) is 0 Å². The molecule has 7 heteroatoms. The number of ether oxygens (including phenoxy) is 1. The van der Waals surface area contributed by atoms with Crippen molar-refractivity contribution in [3.63, 3.8) is 0 Å². The highest BCUT2D eigenvalue weighted by Crippen LogP contribution is 2.21. The van der Waals surface area contributed by atoms with Crippen molar-refractivity contribution in [1.82, 2.24) is 4.72 Å². The Hall–Kier alpha value is -0.470. The van der Waals surface area contributed by atoms with Gasteiger partial charge in [-0.1, -0.05) is 0 Å². The highest BCUT2D eigenvalue weighted by atomic mass is 32.2. The van der Waals surface area contributed by atoms with Crippen LogP contribution in [0.15, 0.2) is 16.3 Å². The van der Waals surface area contributed by atoms with E-state index in [1.165, 1.54) is 18.4 Å². The van der Waals surface area contributed by atoms with Crippen LogP contribution in [-0.4, -0.2) is 28.2 Å². The van der Waals surface area contributed by atoms with Crippen molar-refractivity contribution < 1.29 is 13.2 Å². The smallest absolute Gasteiger partial charge is 0.250 e. The molecule has 1 rings (SSSR count). The SMILES string of the molecule is COCC(C)NS(=O)(=O)c1ccc(CN)s1. The molecule has 16 heavy (non-hydrogen) atoms. The van der Waals surface area contributed by atoms with E-state index in [0.29, 0.717) is 13.2 Å². The van der Waals surface area contributed by atoms with Crippen LogP contribution in [0.25, 0.3) is 0 Å². The summed E-state index contributed by atoms with van der Waals surface area (Å²) in [7, 11) is -1.91. The van der Waals surface area contributed by atoms with Gasteiger partial charge in [0.05, 0.1) is 6.61 Å². The summed E-state index contributed by atoms with van der Waals surface area (Å²) in [4.78, 5) is 0.847. The first-order chi connectivity index (χ1) is 7.49. The van der Waals surface area contributed by atoms with E-state index in [4.69, 9.17) is 10.5 Å². The van der Waals surface area contributed by atoms with E-state index in [9.17, 15) is 8.42 Å². The van der Waals surface area contributed by atoms with Crippen molar-refractivity contribution in [2.75, 3.05) is 13.7 Å². The molecule has 0 saturated heterocycles. The van der Waals surface area contributed by atoms with Gasteiger partial charge in [-0.05, 0) is 19.1 Å². The summed E-state index contributed by atoms with van der Waals surface area (Å²) in [5.41, 5.74) is 5.43. The summed E-state index contributed by atoms with van der Waals surface area (Å²) < 4.78 is 31.4. The Morgan fingerprint density at radius 2 is 2.25 bits per heavy atom. The Bertz CT molecular complexity index is 428. The Labute approximate surface area is 99.7 Å². The molecular formula is C9H16N2O3S2. The molecule has 1 atom stereocenters. The minimum absolute atomic E-state index is 0.251. The fourth-order valence-electron chi connectivity index (χ4n) is 1.22. The lowest BCUT2D eigenvalue weighted by Crippen LogP contribution is -2.35. The van der Waals surface area contributed by atoms with Gasteiger partial charge in [0.2, 0.25) is 10.0 Å². The number of hydrogen-bond donors (Lipinski definition) is 2. The van der Waals surface area contributed by atoms with E-state index in [1.807, 2.05) is 0 Å². The van der Waals surface area contributed by atoms with Gasteiger partial charge >= 0.3 is 0 Å². The van der Waals surface area contributed by atoms with Gasteiger partial charge in [-0.3, -0.25) is 0 Å². The maximum absolute atomic E-state index is 11.8. The van der Waals surface area contributed by atoms with Crippen LogP contribution >= 0.6 is 11.3 Å². The largest absolute Gasteiger partial charge is 0.383 e. The van der Waals surface area contributed by atoms with Crippen LogP contribution in [0, 0.1) is 0 Å². The number of nitrogens with one attached hydrogen (secondary N) is 1. The number of sulfonamides is 1. The van der Waals surface area contributed by atoms with Crippen molar-refractivity contribution in [2.45, 2.75) is 23.7 Å².